The number of nitrogens with zero attached hydrogens (tertiary/aromatic N) is 3. The zero-order valence-corrected chi connectivity index (χ0v) is 16.2. The van der Waals surface area contributed by atoms with Crippen molar-refractivity contribution in [2.24, 2.45) is 5.92 Å². The Balaban J connectivity index is 1.72. The highest BCUT2D eigenvalue weighted by Crippen LogP contribution is 2.31. The fraction of sp³-hybridized carbons (Fsp3) is 0.450. The van der Waals surface area contributed by atoms with Crippen LogP contribution < -0.4 is 16.0 Å². The minimum atomic E-state index is -0.107. The predicted octanol–water partition coefficient (Wildman–Crippen LogP) is 3.20. The number of esters is 1. The Morgan fingerprint density at radius 1 is 1.26 bits per heavy atom. The Labute approximate surface area is 159 Å². The Hall–Kier alpha value is -2.83. The monoisotopic (exact) mass is 369 g/mol. The Bertz CT molecular complexity index is 816. The van der Waals surface area contributed by atoms with Gasteiger partial charge in [-0.1, -0.05) is 6.07 Å². The number of aromatic nitrogens is 2. The van der Waals surface area contributed by atoms with Crippen LogP contribution in [-0.2, 0) is 9.53 Å². The normalized spacial score (nSPS) is 14.9. The number of carbonyl (C=O) groups is 1. The van der Waals surface area contributed by atoms with E-state index in [1.165, 1.54) is 17.5 Å². The van der Waals surface area contributed by atoms with Gasteiger partial charge >= 0.3 is 5.97 Å². The second-order valence-electron chi connectivity index (χ2n) is 6.90. The molecule has 1 saturated heterocycles. The van der Waals surface area contributed by atoms with Gasteiger partial charge < -0.3 is 20.7 Å². The van der Waals surface area contributed by atoms with E-state index in [1.54, 1.807) is 0 Å². The van der Waals surface area contributed by atoms with E-state index in [0.29, 0.717) is 37.0 Å². The number of nitrogens with two attached hydrogens (primary N) is 1. The van der Waals surface area contributed by atoms with Crippen molar-refractivity contribution in [1.29, 1.82) is 0 Å². The van der Waals surface area contributed by atoms with Gasteiger partial charge in [0.1, 0.15) is 12.0 Å². The molecule has 1 aromatic heterocycles. The predicted molar refractivity (Wildman–Crippen MR) is 107 cm³/mol. The lowest BCUT2D eigenvalue weighted by molar-refractivity contribution is -0.148. The van der Waals surface area contributed by atoms with Gasteiger partial charge in [-0.15, -0.1) is 0 Å². The fourth-order valence-corrected chi connectivity index (χ4v) is 3.28. The second kappa shape index (κ2) is 8.24. The van der Waals surface area contributed by atoms with Crippen molar-refractivity contribution in [3.8, 4) is 0 Å². The number of nitrogen functional groups attached to an aromatic ring is 1. The van der Waals surface area contributed by atoms with Crippen molar-refractivity contribution < 1.29 is 9.53 Å². The summed E-state index contributed by atoms with van der Waals surface area (Å²) in [6.45, 7) is 7.84. The number of hydrogen-bond donors (Lipinski definition) is 2. The molecule has 2 heterocycles. The van der Waals surface area contributed by atoms with E-state index < -0.39 is 0 Å². The van der Waals surface area contributed by atoms with E-state index in [-0.39, 0.29) is 11.9 Å². The number of nitrogens with one attached hydrogen (secondary N) is 1. The van der Waals surface area contributed by atoms with Gasteiger partial charge in [0.25, 0.3) is 0 Å². The zero-order valence-electron chi connectivity index (χ0n) is 16.2. The standard InChI is InChI=1S/C20H27N5O2/c1-4-27-20(26)15-7-9-25(10-8-15)19-17(21)18(22-12-23-19)24-16-6-5-13(2)14(3)11-16/h5-6,11-12,15H,4,7-10,21H2,1-3H3,(H,22,23,24). The van der Waals surface area contributed by atoms with Crippen LogP contribution in [0.3, 0.4) is 0 Å². The lowest BCUT2D eigenvalue weighted by atomic mass is 9.97. The molecule has 0 unspecified atom stereocenters. The largest absolute Gasteiger partial charge is 0.466 e. The molecule has 0 radical (unpaired) electrons. The zero-order chi connectivity index (χ0) is 19.4. The summed E-state index contributed by atoms with van der Waals surface area (Å²) < 4.78 is 5.13. The van der Waals surface area contributed by atoms with Crippen LogP contribution in [-0.4, -0.2) is 35.6 Å². The molecule has 1 aromatic carbocycles. The highest BCUT2D eigenvalue weighted by molar-refractivity contribution is 5.79. The number of carbonyl (C=O) groups excluding carboxylic acids is 1. The third-order valence-electron chi connectivity index (χ3n) is 5.05. The third kappa shape index (κ3) is 4.30. The number of benzene rings is 1. The summed E-state index contributed by atoms with van der Waals surface area (Å²) >= 11 is 0. The molecule has 0 aliphatic carbocycles. The lowest BCUT2D eigenvalue weighted by Gasteiger charge is -2.32. The minimum Gasteiger partial charge on any atom is -0.466 e. The molecule has 144 valence electrons. The molecule has 3 N–H and O–H groups in total. The maximum atomic E-state index is 11.9. The average molecular weight is 369 g/mol. The summed E-state index contributed by atoms with van der Waals surface area (Å²) in [5.41, 5.74) is 10.3. The minimum absolute atomic E-state index is 0.0441. The topological polar surface area (TPSA) is 93.4 Å². The summed E-state index contributed by atoms with van der Waals surface area (Å²) in [5.74, 6) is 1.15. The quantitative estimate of drug-likeness (QED) is 0.782. The van der Waals surface area contributed by atoms with Crippen LogP contribution in [0.1, 0.15) is 30.9 Å². The molecule has 1 aliphatic rings. The fourth-order valence-electron chi connectivity index (χ4n) is 3.28. The summed E-state index contributed by atoms with van der Waals surface area (Å²) in [6.07, 6.45) is 3.00. The van der Waals surface area contributed by atoms with Crippen molar-refractivity contribution in [3.05, 3.63) is 35.7 Å². The van der Waals surface area contributed by atoms with Crippen LogP contribution in [0.2, 0.25) is 0 Å². The number of anilines is 4. The molecule has 7 nitrogen and oxygen atoms in total. The molecule has 2 aromatic rings. The highest BCUT2D eigenvalue weighted by atomic mass is 16.5. The molecule has 0 saturated carbocycles. The number of aryl methyl sites for hydroxylation is 2. The van der Waals surface area contributed by atoms with Gasteiger partial charge in [-0.25, -0.2) is 9.97 Å². The van der Waals surface area contributed by atoms with Crippen LogP contribution >= 0.6 is 0 Å². The number of piperidine rings is 1. The van der Waals surface area contributed by atoms with Crippen LogP contribution in [0, 0.1) is 19.8 Å². The second-order valence-corrected chi connectivity index (χ2v) is 6.90. The number of ether oxygens (including phenoxy) is 1. The number of rotatable bonds is 5. The molecule has 7 heteroatoms. The molecule has 1 fully saturated rings. The lowest BCUT2D eigenvalue weighted by Crippen LogP contribution is -2.37. The first kappa shape index (κ1) is 18.9. The first-order valence-corrected chi connectivity index (χ1v) is 9.36. The molecule has 1 aliphatic heterocycles. The van der Waals surface area contributed by atoms with Gasteiger partial charge in [-0.3, -0.25) is 4.79 Å². The Morgan fingerprint density at radius 2 is 2.00 bits per heavy atom. The molecule has 0 spiro atoms. The van der Waals surface area contributed by atoms with Gasteiger partial charge in [0, 0.05) is 18.8 Å². The molecule has 3 rings (SSSR count). The maximum absolute atomic E-state index is 11.9. The van der Waals surface area contributed by atoms with Crippen molar-refractivity contribution in [3.63, 3.8) is 0 Å². The molecular weight excluding hydrogens is 342 g/mol. The van der Waals surface area contributed by atoms with Gasteiger partial charge in [-0.05, 0) is 56.9 Å². The molecule has 0 bridgehead atoms. The van der Waals surface area contributed by atoms with E-state index >= 15 is 0 Å². The molecule has 0 amide bonds. The van der Waals surface area contributed by atoms with E-state index in [4.69, 9.17) is 10.5 Å². The van der Waals surface area contributed by atoms with Gasteiger partial charge in [0.05, 0.1) is 12.5 Å². The maximum Gasteiger partial charge on any atom is 0.309 e. The van der Waals surface area contributed by atoms with Crippen molar-refractivity contribution >= 4 is 29.0 Å². The summed E-state index contributed by atoms with van der Waals surface area (Å²) in [7, 11) is 0. The van der Waals surface area contributed by atoms with Crippen molar-refractivity contribution in [2.75, 3.05) is 35.6 Å². The molecule has 27 heavy (non-hydrogen) atoms. The highest BCUT2D eigenvalue weighted by Gasteiger charge is 2.27. The SMILES string of the molecule is CCOC(=O)C1CCN(c2ncnc(Nc3ccc(C)c(C)c3)c2N)CC1. The molecule has 0 atom stereocenters. The van der Waals surface area contributed by atoms with Crippen LogP contribution in [0.5, 0.6) is 0 Å². The van der Waals surface area contributed by atoms with Gasteiger partial charge in [0.15, 0.2) is 11.6 Å². The molecular formula is C20H27N5O2. The first-order valence-electron chi connectivity index (χ1n) is 9.36. The van der Waals surface area contributed by atoms with Gasteiger partial charge in [-0.2, -0.15) is 0 Å². The summed E-state index contributed by atoms with van der Waals surface area (Å²) in [6, 6.07) is 6.14. The first-order chi connectivity index (χ1) is 13.0. The summed E-state index contributed by atoms with van der Waals surface area (Å²) in [4.78, 5) is 22.7. The van der Waals surface area contributed by atoms with Crippen LogP contribution in [0.4, 0.5) is 23.0 Å². The Morgan fingerprint density at radius 3 is 2.67 bits per heavy atom. The van der Waals surface area contributed by atoms with Gasteiger partial charge in [0.2, 0.25) is 0 Å². The van der Waals surface area contributed by atoms with Crippen molar-refractivity contribution in [1.82, 2.24) is 9.97 Å². The Kier molecular flexibility index (Phi) is 5.78. The third-order valence-corrected chi connectivity index (χ3v) is 5.05. The van der Waals surface area contributed by atoms with Crippen molar-refractivity contribution in [2.45, 2.75) is 33.6 Å². The van der Waals surface area contributed by atoms with E-state index in [2.05, 4.69) is 46.2 Å². The van der Waals surface area contributed by atoms with Crippen LogP contribution in [0.25, 0.3) is 0 Å². The average Bonchev–Trinajstić information content (AvgIpc) is 2.67. The van der Waals surface area contributed by atoms with E-state index in [9.17, 15) is 4.79 Å². The number of hydrogen-bond acceptors (Lipinski definition) is 7. The van der Waals surface area contributed by atoms with E-state index in [0.717, 1.165) is 18.5 Å². The smallest absolute Gasteiger partial charge is 0.309 e. The van der Waals surface area contributed by atoms with E-state index in [1.807, 2.05) is 13.0 Å². The van der Waals surface area contributed by atoms with Crippen LogP contribution in [0.15, 0.2) is 24.5 Å². The summed E-state index contributed by atoms with van der Waals surface area (Å²) in [5, 5.41) is 3.29.